The molecule has 4 nitrogen and oxygen atoms in total. The molecule has 0 saturated heterocycles. The first-order valence-corrected chi connectivity index (χ1v) is 8.69. The summed E-state index contributed by atoms with van der Waals surface area (Å²) in [5.41, 5.74) is 2.48. The number of rotatable bonds is 5. The maximum Gasteiger partial charge on any atom is 0.261 e. The first-order chi connectivity index (χ1) is 11.9. The lowest BCUT2D eigenvalue weighted by Gasteiger charge is -2.19. The van der Waals surface area contributed by atoms with Crippen LogP contribution in [0.15, 0.2) is 48.5 Å². The molecule has 4 heteroatoms. The number of hydrogen-bond donors (Lipinski definition) is 1. The van der Waals surface area contributed by atoms with E-state index in [0.29, 0.717) is 19.6 Å². The number of carbonyl (C=O) groups is 1. The summed E-state index contributed by atoms with van der Waals surface area (Å²) in [5.74, 6) is 1.52. The second-order valence-corrected chi connectivity index (χ2v) is 7.33. The van der Waals surface area contributed by atoms with Gasteiger partial charge in [-0.15, -0.1) is 0 Å². The molecular formula is C21H25NO3. The van der Waals surface area contributed by atoms with E-state index in [1.807, 2.05) is 36.4 Å². The Balaban J connectivity index is 1.41. The molecule has 2 aromatic rings. The predicted molar refractivity (Wildman–Crippen MR) is 98.2 cm³/mol. The minimum absolute atomic E-state index is 0.0946. The van der Waals surface area contributed by atoms with E-state index in [0.717, 1.165) is 17.1 Å². The molecule has 1 heterocycles. The van der Waals surface area contributed by atoms with Crippen molar-refractivity contribution in [3.05, 3.63) is 59.7 Å². The molecule has 3 rings (SSSR count). The summed E-state index contributed by atoms with van der Waals surface area (Å²) in [6, 6.07) is 15.9. The highest BCUT2D eigenvalue weighted by Crippen LogP contribution is 2.28. The van der Waals surface area contributed by atoms with E-state index in [1.165, 1.54) is 5.56 Å². The van der Waals surface area contributed by atoms with E-state index in [-0.39, 0.29) is 11.3 Å². The highest BCUT2D eigenvalue weighted by molar-refractivity contribution is 5.82. The van der Waals surface area contributed by atoms with Crippen LogP contribution in [0.5, 0.6) is 11.5 Å². The van der Waals surface area contributed by atoms with E-state index in [4.69, 9.17) is 9.47 Å². The zero-order chi connectivity index (χ0) is 17.9. The molecule has 25 heavy (non-hydrogen) atoms. The molecule has 0 saturated carbocycles. The Hall–Kier alpha value is -2.49. The van der Waals surface area contributed by atoms with Gasteiger partial charge in [-0.05, 0) is 34.7 Å². The third-order valence-electron chi connectivity index (χ3n) is 4.33. The fourth-order valence-electron chi connectivity index (χ4n) is 2.84. The number of benzene rings is 2. The van der Waals surface area contributed by atoms with Crippen molar-refractivity contribution >= 4 is 5.91 Å². The Morgan fingerprint density at radius 1 is 1.16 bits per heavy atom. The van der Waals surface area contributed by atoms with Gasteiger partial charge in [0.15, 0.2) is 6.10 Å². The predicted octanol–water partition coefficient (Wildman–Crippen LogP) is 3.48. The quantitative estimate of drug-likeness (QED) is 0.849. The Bertz CT molecular complexity index is 707. The summed E-state index contributed by atoms with van der Waals surface area (Å²) in [4.78, 5) is 12.2. The van der Waals surface area contributed by atoms with Gasteiger partial charge in [0, 0.05) is 6.42 Å². The minimum Gasteiger partial charge on any atom is -0.492 e. The zero-order valence-electron chi connectivity index (χ0n) is 15.0. The van der Waals surface area contributed by atoms with Gasteiger partial charge in [-0.2, -0.15) is 0 Å². The molecule has 0 radical (unpaired) electrons. The molecule has 1 amide bonds. The van der Waals surface area contributed by atoms with Gasteiger partial charge in [0.1, 0.15) is 18.1 Å². The molecule has 1 aliphatic rings. The second-order valence-electron chi connectivity index (χ2n) is 7.33. The van der Waals surface area contributed by atoms with Gasteiger partial charge in [-0.3, -0.25) is 4.79 Å². The first kappa shape index (κ1) is 17.3. The average molecular weight is 339 g/mol. The van der Waals surface area contributed by atoms with Crippen LogP contribution < -0.4 is 14.8 Å². The van der Waals surface area contributed by atoms with Crippen molar-refractivity contribution in [3.63, 3.8) is 0 Å². The van der Waals surface area contributed by atoms with Gasteiger partial charge in [-0.25, -0.2) is 0 Å². The monoisotopic (exact) mass is 339 g/mol. The van der Waals surface area contributed by atoms with Gasteiger partial charge >= 0.3 is 0 Å². The van der Waals surface area contributed by atoms with E-state index in [1.54, 1.807) is 0 Å². The zero-order valence-corrected chi connectivity index (χ0v) is 15.0. The fraction of sp³-hybridized carbons (Fsp3) is 0.381. The van der Waals surface area contributed by atoms with Crippen LogP contribution in [0.4, 0.5) is 0 Å². The van der Waals surface area contributed by atoms with Crippen LogP contribution in [0.25, 0.3) is 0 Å². The topological polar surface area (TPSA) is 47.6 Å². The van der Waals surface area contributed by atoms with Crippen molar-refractivity contribution < 1.29 is 14.3 Å². The Labute approximate surface area is 149 Å². The lowest BCUT2D eigenvalue weighted by Crippen LogP contribution is -2.39. The van der Waals surface area contributed by atoms with Crippen LogP contribution in [0.2, 0.25) is 0 Å². The maximum absolute atomic E-state index is 12.2. The number of ether oxygens (including phenoxy) is 2. The van der Waals surface area contributed by atoms with Crippen LogP contribution in [-0.2, 0) is 16.6 Å². The molecule has 0 fully saturated rings. The van der Waals surface area contributed by atoms with Crippen molar-refractivity contribution in [2.24, 2.45) is 0 Å². The van der Waals surface area contributed by atoms with Crippen molar-refractivity contribution in [3.8, 4) is 11.5 Å². The molecule has 132 valence electrons. The summed E-state index contributed by atoms with van der Waals surface area (Å²) in [5, 5.41) is 2.88. The maximum atomic E-state index is 12.2. The second kappa shape index (κ2) is 7.18. The highest BCUT2D eigenvalue weighted by Gasteiger charge is 2.28. The van der Waals surface area contributed by atoms with Gasteiger partial charge in [-0.1, -0.05) is 51.1 Å². The van der Waals surface area contributed by atoms with E-state index in [2.05, 4.69) is 38.2 Å². The average Bonchev–Trinajstić information content (AvgIpc) is 3.02. The standard InChI is InChI=1S/C21H25NO3/c1-21(2,3)16-8-10-17(11-9-16)24-13-12-22-20(23)19-14-15-6-4-5-7-18(15)25-19/h4-11,19H,12-14H2,1-3H3,(H,22,23)/t19-/m1/s1. The fourth-order valence-corrected chi connectivity index (χ4v) is 2.84. The number of nitrogens with one attached hydrogen (secondary N) is 1. The number of amides is 1. The number of hydrogen-bond acceptors (Lipinski definition) is 3. The normalized spacial score (nSPS) is 16.0. The van der Waals surface area contributed by atoms with Crippen LogP contribution in [0.1, 0.15) is 31.9 Å². The number of para-hydroxylation sites is 1. The Morgan fingerprint density at radius 3 is 2.56 bits per heavy atom. The van der Waals surface area contributed by atoms with Crippen molar-refractivity contribution in [1.82, 2.24) is 5.32 Å². The molecule has 0 aliphatic carbocycles. The van der Waals surface area contributed by atoms with Gasteiger partial charge in [0.2, 0.25) is 0 Å². The highest BCUT2D eigenvalue weighted by atomic mass is 16.5. The van der Waals surface area contributed by atoms with Crippen molar-refractivity contribution in [1.29, 1.82) is 0 Å². The largest absolute Gasteiger partial charge is 0.492 e. The van der Waals surface area contributed by atoms with Gasteiger partial charge in [0.05, 0.1) is 6.54 Å². The van der Waals surface area contributed by atoms with E-state index < -0.39 is 6.10 Å². The Kier molecular flexibility index (Phi) is 4.98. The SMILES string of the molecule is CC(C)(C)c1ccc(OCCNC(=O)[C@H]2Cc3ccccc3O2)cc1. The lowest BCUT2D eigenvalue weighted by atomic mass is 9.87. The molecule has 2 aromatic carbocycles. The van der Waals surface area contributed by atoms with Crippen molar-refractivity contribution in [2.45, 2.75) is 38.7 Å². The summed E-state index contributed by atoms with van der Waals surface area (Å²) in [7, 11) is 0. The van der Waals surface area contributed by atoms with Crippen LogP contribution in [-0.4, -0.2) is 25.2 Å². The van der Waals surface area contributed by atoms with Crippen LogP contribution >= 0.6 is 0 Å². The summed E-state index contributed by atoms with van der Waals surface area (Å²) >= 11 is 0. The third kappa shape index (κ3) is 4.32. The molecule has 1 N–H and O–H groups in total. The molecule has 1 aliphatic heterocycles. The minimum atomic E-state index is -0.441. The summed E-state index contributed by atoms with van der Waals surface area (Å²) < 4.78 is 11.4. The van der Waals surface area contributed by atoms with Gasteiger partial charge in [0.25, 0.3) is 5.91 Å². The van der Waals surface area contributed by atoms with Crippen LogP contribution in [0.3, 0.4) is 0 Å². The van der Waals surface area contributed by atoms with E-state index in [9.17, 15) is 4.79 Å². The molecule has 0 spiro atoms. The third-order valence-corrected chi connectivity index (χ3v) is 4.33. The molecule has 0 aromatic heterocycles. The number of carbonyl (C=O) groups excluding carboxylic acids is 1. The summed E-state index contributed by atoms with van der Waals surface area (Å²) in [6.07, 6.45) is 0.181. The smallest absolute Gasteiger partial charge is 0.261 e. The molecule has 0 unspecified atom stereocenters. The molecular weight excluding hydrogens is 314 g/mol. The van der Waals surface area contributed by atoms with Crippen LogP contribution in [0, 0.1) is 0 Å². The molecule has 1 atom stereocenters. The first-order valence-electron chi connectivity index (χ1n) is 8.69. The number of fused-ring (bicyclic) bond motifs is 1. The molecule has 0 bridgehead atoms. The summed E-state index contributed by atoms with van der Waals surface area (Å²) in [6.45, 7) is 7.43. The Morgan fingerprint density at radius 2 is 1.88 bits per heavy atom. The van der Waals surface area contributed by atoms with Gasteiger partial charge < -0.3 is 14.8 Å². The lowest BCUT2D eigenvalue weighted by molar-refractivity contribution is -0.127. The van der Waals surface area contributed by atoms with E-state index >= 15 is 0 Å². The van der Waals surface area contributed by atoms with Crippen molar-refractivity contribution in [2.75, 3.05) is 13.2 Å².